The smallest absolute Gasteiger partial charge is 0.221 e. The molecule has 20 heavy (non-hydrogen) atoms. The van der Waals surface area contributed by atoms with Crippen molar-refractivity contribution in [3.8, 4) is 0 Å². The summed E-state index contributed by atoms with van der Waals surface area (Å²) in [6.07, 6.45) is 5.82. The lowest BCUT2D eigenvalue weighted by atomic mass is 9.87. The number of rotatable bonds is 5. The van der Waals surface area contributed by atoms with Crippen LogP contribution in [0.5, 0.6) is 0 Å². The number of ketones is 1. The van der Waals surface area contributed by atoms with Crippen LogP contribution in [0.25, 0.3) is 0 Å². The lowest BCUT2D eigenvalue weighted by Gasteiger charge is -2.19. The summed E-state index contributed by atoms with van der Waals surface area (Å²) >= 11 is 1.59. The van der Waals surface area contributed by atoms with Crippen molar-refractivity contribution in [1.29, 1.82) is 0 Å². The Labute approximate surface area is 124 Å². The second-order valence-electron chi connectivity index (χ2n) is 5.30. The summed E-state index contributed by atoms with van der Waals surface area (Å²) in [4.78, 5) is 24.1. The monoisotopic (exact) mass is 291 g/mol. The van der Waals surface area contributed by atoms with Crippen LogP contribution in [0.15, 0.2) is 29.2 Å². The van der Waals surface area contributed by atoms with E-state index in [4.69, 9.17) is 0 Å². The fourth-order valence-electron chi connectivity index (χ4n) is 2.53. The molecule has 2 rings (SSSR count). The summed E-state index contributed by atoms with van der Waals surface area (Å²) < 4.78 is 0. The van der Waals surface area contributed by atoms with E-state index >= 15 is 0 Å². The number of amides is 1. The molecule has 1 aromatic carbocycles. The van der Waals surface area contributed by atoms with Gasteiger partial charge in [-0.3, -0.25) is 9.59 Å². The van der Waals surface area contributed by atoms with Crippen LogP contribution in [0.1, 0.15) is 39.0 Å². The van der Waals surface area contributed by atoms with Gasteiger partial charge >= 0.3 is 0 Å². The highest BCUT2D eigenvalue weighted by molar-refractivity contribution is 8.00. The third kappa shape index (κ3) is 4.67. The van der Waals surface area contributed by atoms with E-state index in [1.165, 1.54) is 26.2 Å². The van der Waals surface area contributed by atoms with Crippen molar-refractivity contribution in [2.45, 2.75) is 43.9 Å². The first-order valence-electron chi connectivity index (χ1n) is 7.18. The van der Waals surface area contributed by atoms with Crippen LogP contribution in [0.4, 0.5) is 5.69 Å². The predicted molar refractivity (Wildman–Crippen MR) is 83.1 cm³/mol. The molecule has 1 amide bonds. The molecule has 0 spiro atoms. The molecular weight excluding hydrogens is 270 g/mol. The van der Waals surface area contributed by atoms with Gasteiger partial charge in [-0.2, -0.15) is 0 Å². The van der Waals surface area contributed by atoms with Crippen molar-refractivity contribution in [3.63, 3.8) is 0 Å². The number of hydrogen-bond donors (Lipinski definition) is 1. The molecule has 1 N–H and O–H groups in total. The summed E-state index contributed by atoms with van der Waals surface area (Å²) in [6.45, 7) is 1.49. The molecule has 0 bridgehead atoms. The van der Waals surface area contributed by atoms with E-state index in [-0.39, 0.29) is 11.8 Å². The Hall–Kier alpha value is -1.29. The summed E-state index contributed by atoms with van der Waals surface area (Å²) in [5.41, 5.74) is 0.792. The van der Waals surface area contributed by atoms with Gasteiger partial charge in [0.25, 0.3) is 0 Å². The van der Waals surface area contributed by atoms with Gasteiger partial charge in [-0.05, 0) is 37.1 Å². The van der Waals surface area contributed by atoms with Crippen molar-refractivity contribution in [2.75, 3.05) is 11.1 Å². The zero-order valence-electron chi connectivity index (χ0n) is 11.9. The highest BCUT2D eigenvalue weighted by Crippen LogP contribution is 2.27. The minimum atomic E-state index is -0.0714. The second kappa shape index (κ2) is 7.48. The molecule has 3 nitrogen and oxygen atoms in total. The minimum absolute atomic E-state index is 0.0714. The maximum absolute atomic E-state index is 12.1. The Kier molecular flexibility index (Phi) is 5.65. The molecule has 4 heteroatoms. The Morgan fingerprint density at radius 3 is 2.40 bits per heavy atom. The first-order valence-corrected chi connectivity index (χ1v) is 8.17. The molecule has 1 saturated carbocycles. The molecule has 0 unspecified atom stereocenters. The van der Waals surface area contributed by atoms with Gasteiger partial charge in [0, 0.05) is 23.4 Å². The molecule has 108 valence electrons. The van der Waals surface area contributed by atoms with Crippen molar-refractivity contribution >= 4 is 29.1 Å². The zero-order chi connectivity index (χ0) is 14.4. The van der Waals surface area contributed by atoms with Crippen LogP contribution < -0.4 is 5.32 Å². The molecular formula is C16H21NO2S. The molecule has 1 aliphatic carbocycles. The number of carbonyl (C=O) groups excluding carboxylic acids is 2. The normalized spacial score (nSPS) is 15.8. The average Bonchev–Trinajstić information content (AvgIpc) is 2.46. The summed E-state index contributed by atoms with van der Waals surface area (Å²) in [6, 6.07) is 7.64. The van der Waals surface area contributed by atoms with E-state index in [2.05, 4.69) is 5.32 Å². The number of anilines is 1. The highest BCUT2D eigenvalue weighted by atomic mass is 32.2. The van der Waals surface area contributed by atoms with Gasteiger partial charge in [0.1, 0.15) is 5.78 Å². The van der Waals surface area contributed by atoms with Crippen LogP contribution in [0.2, 0.25) is 0 Å². The summed E-state index contributed by atoms with van der Waals surface area (Å²) in [5, 5.41) is 2.73. The first-order chi connectivity index (χ1) is 9.65. The van der Waals surface area contributed by atoms with Crippen LogP contribution in [0.3, 0.4) is 0 Å². The fourth-order valence-corrected chi connectivity index (χ4v) is 3.41. The number of carbonyl (C=O) groups is 2. The summed E-state index contributed by atoms with van der Waals surface area (Å²) in [7, 11) is 0. The van der Waals surface area contributed by atoms with E-state index in [0.29, 0.717) is 11.5 Å². The number of benzene rings is 1. The maximum Gasteiger partial charge on any atom is 0.221 e. The van der Waals surface area contributed by atoms with Gasteiger partial charge in [0.15, 0.2) is 0 Å². The van der Waals surface area contributed by atoms with Crippen LogP contribution >= 0.6 is 11.8 Å². The quantitative estimate of drug-likeness (QED) is 0.837. The fraction of sp³-hybridized carbons (Fsp3) is 0.500. The standard InChI is InChI=1S/C16H21NO2S/c1-12(18)17-14-7-9-15(10-8-14)20-11-16(19)13-5-3-2-4-6-13/h7-10,13H,2-6,11H2,1H3,(H,17,18). The Balaban J connectivity index is 1.81. The minimum Gasteiger partial charge on any atom is -0.326 e. The highest BCUT2D eigenvalue weighted by Gasteiger charge is 2.20. The largest absolute Gasteiger partial charge is 0.326 e. The molecule has 0 radical (unpaired) electrons. The van der Waals surface area contributed by atoms with E-state index in [1.54, 1.807) is 11.8 Å². The molecule has 1 fully saturated rings. The van der Waals surface area contributed by atoms with Gasteiger partial charge in [-0.1, -0.05) is 19.3 Å². The Morgan fingerprint density at radius 1 is 1.15 bits per heavy atom. The van der Waals surface area contributed by atoms with Gasteiger partial charge in [0.2, 0.25) is 5.91 Å². The van der Waals surface area contributed by atoms with Crippen molar-refractivity contribution in [2.24, 2.45) is 5.92 Å². The predicted octanol–water partition coefficient (Wildman–Crippen LogP) is 3.89. The number of nitrogens with one attached hydrogen (secondary N) is 1. The first kappa shape index (κ1) is 15.1. The number of Topliss-reactive ketones (excluding diaryl/α,β-unsaturated/α-hetero) is 1. The Bertz CT molecular complexity index is 464. The molecule has 0 saturated heterocycles. The molecule has 0 aromatic heterocycles. The van der Waals surface area contributed by atoms with Gasteiger partial charge < -0.3 is 5.32 Å². The SMILES string of the molecule is CC(=O)Nc1ccc(SCC(=O)C2CCCCC2)cc1. The zero-order valence-corrected chi connectivity index (χ0v) is 12.7. The molecule has 1 aromatic rings. The van der Waals surface area contributed by atoms with Gasteiger partial charge in [0.05, 0.1) is 5.75 Å². The molecule has 0 aliphatic heterocycles. The molecule has 0 atom stereocenters. The molecule has 1 aliphatic rings. The average molecular weight is 291 g/mol. The topological polar surface area (TPSA) is 46.2 Å². The number of thioether (sulfide) groups is 1. The number of hydrogen-bond acceptors (Lipinski definition) is 3. The van der Waals surface area contributed by atoms with Gasteiger partial charge in [-0.15, -0.1) is 11.8 Å². The van der Waals surface area contributed by atoms with Crippen LogP contribution in [-0.4, -0.2) is 17.4 Å². The third-order valence-corrected chi connectivity index (χ3v) is 4.65. The summed E-state index contributed by atoms with van der Waals surface area (Å²) in [5.74, 6) is 1.16. The van der Waals surface area contributed by atoms with E-state index < -0.39 is 0 Å². The van der Waals surface area contributed by atoms with E-state index in [1.807, 2.05) is 24.3 Å². The lowest BCUT2D eigenvalue weighted by Crippen LogP contribution is -2.19. The lowest BCUT2D eigenvalue weighted by molar-refractivity contribution is -0.121. The maximum atomic E-state index is 12.1. The van der Waals surface area contributed by atoms with Crippen molar-refractivity contribution in [1.82, 2.24) is 0 Å². The van der Waals surface area contributed by atoms with Gasteiger partial charge in [-0.25, -0.2) is 0 Å². The van der Waals surface area contributed by atoms with Crippen LogP contribution in [0, 0.1) is 5.92 Å². The van der Waals surface area contributed by atoms with Crippen molar-refractivity contribution in [3.05, 3.63) is 24.3 Å². The van der Waals surface area contributed by atoms with E-state index in [9.17, 15) is 9.59 Å². The van der Waals surface area contributed by atoms with E-state index in [0.717, 1.165) is 23.4 Å². The van der Waals surface area contributed by atoms with Crippen molar-refractivity contribution < 1.29 is 9.59 Å². The van der Waals surface area contributed by atoms with Crippen LogP contribution in [-0.2, 0) is 9.59 Å². The molecule has 0 heterocycles. The second-order valence-corrected chi connectivity index (χ2v) is 6.34. The Morgan fingerprint density at radius 2 is 1.80 bits per heavy atom. The third-order valence-electron chi connectivity index (χ3n) is 3.62.